The van der Waals surface area contributed by atoms with Crippen molar-refractivity contribution in [2.45, 2.75) is 6.92 Å². The zero-order chi connectivity index (χ0) is 19.1. The van der Waals surface area contributed by atoms with Crippen molar-refractivity contribution >= 4 is 49.9 Å². The number of aryl methyl sites for hydroxylation is 1. The zero-order valence-corrected chi connectivity index (χ0v) is 15.9. The van der Waals surface area contributed by atoms with Gasteiger partial charge < -0.3 is 15.4 Å². The lowest BCUT2D eigenvalue weighted by molar-refractivity contribution is 0.1000. The van der Waals surface area contributed by atoms with Crippen LogP contribution in [0.25, 0.3) is 21.1 Å². The second-order valence-corrected chi connectivity index (χ2v) is 7.10. The van der Waals surface area contributed by atoms with Crippen LogP contribution in [0.3, 0.4) is 0 Å². The van der Waals surface area contributed by atoms with Gasteiger partial charge in [0.2, 0.25) is 0 Å². The molecule has 27 heavy (non-hydrogen) atoms. The third-order valence-corrected chi connectivity index (χ3v) is 5.51. The second kappa shape index (κ2) is 6.48. The maximum atomic E-state index is 11.6. The third-order valence-electron chi connectivity index (χ3n) is 4.43. The van der Waals surface area contributed by atoms with Gasteiger partial charge in [0.25, 0.3) is 5.91 Å². The molecule has 0 atom stereocenters. The Hall–Kier alpha value is -3.26. The minimum absolute atomic E-state index is 0.280. The summed E-state index contributed by atoms with van der Waals surface area (Å²) in [5.41, 5.74) is 8.88. The summed E-state index contributed by atoms with van der Waals surface area (Å²) in [6.45, 7) is 1.95. The lowest BCUT2D eigenvalue weighted by atomic mass is 10.1. The van der Waals surface area contributed by atoms with Gasteiger partial charge in [0.1, 0.15) is 17.9 Å². The van der Waals surface area contributed by atoms with Crippen molar-refractivity contribution in [3.63, 3.8) is 0 Å². The highest BCUT2D eigenvalue weighted by Crippen LogP contribution is 2.38. The van der Waals surface area contributed by atoms with Gasteiger partial charge in [-0.3, -0.25) is 4.79 Å². The molecule has 0 aliphatic rings. The molecule has 7 nitrogen and oxygen atoms in total. The highest BCUT2D eigenvalue weighted by Gasteiger charge is 2.19. The van der Waals surface area contributed by atoms with Crippen LogP contribution >= 0.6 is 11.3 Å². The SMILES string of the molecule is COc1ccc(N(C)c2ncnc3cc(C)c4nc(C(N)=O)sc4c23)cc1. The van der Waals surface area contributed by atoms with Crippen molar-refractivity contribution < 1.29 is 9.53 Å². The molecule has 4 aromatic rings. The molecule has 4 rings (SSSR count). The van der Waals surface area contributed by atoms with Crippen molar-refractivity contribution in [1.82, 2.24) is 15.0 Å². The van der Waals surface area contributed by atoms with E-state index in [4.69, 9.17) is 10.5 Å². The number of aromatic nitrogens is 3. The molecule has 0 spiro atoms. The molecule has 0 saturated heterocycles. The van der Waals surface area contributed by atoms with Gasteiger partial charge in [0, 0.05) is 12.7 Å². The van der Waals surface area contributed by atoms with E-state index in [2.05, 4.69) is 15.0 Å². The minimum Gasteiger partial charge on any atom is -0.497 e. The van der Waals surface area contributed by atoms with Crippen LogP contribution in [0.1, 0.15) is 15.4 Å². The molecule has 0 fully saturated rings. The summed E-state index contributed by atoms with van der Waals surface area (Å²) in [5.74, 6) is 0.978. The minimum atomic E-state index is -0.536. The molecular formula is C19H17N5O2S. The third kappa shape index (κ3) is 2.83. The van der Waals surface area contributed by atoms with Gasteiger partial charge in [-0.2, -0.15) is 0 Å². The van der Waals surface area contributed by atoms with E-state index < -0.39 is 5.91 Å². The Morgan fingerprint density at radius 2 is 1.96 bits per heavy atom. The molecule has 0 aliphatic carbocycles. The van der Waals surface area contributed by atoms with E-state index in [0.29, 0.717) is 0 Å². The average Bonchev–Trinajstić information content (AvgIpc) is 3.13. The highest BCUT2D eigenvalue weighted by molar-refractivity contribution is 7.21. The van der Waals surface area contributed by atoms with E-state index in [1.54, 1.807) is 13.4 Å². The van der Waals surface area contributed by atoms with Crippen molar-refractivity contribution in [3.05, 3.63) is 47.2 Å². The first-order valence-electron chi connectivity index (χ1n) is 8.22. The number of thiazole rings is 1. The van der Waals surface area contributed by atoms with E-state index in [1.807, 2.05) is 49.2 Å². The topological polar surface area (TPSA) is 94.2 Å². The number of nitrogens with two attached hydrogens (primary N) is 1. The van der Waals surface area contributed by atoms with E-state index in [0.717, 1.165) is 43.9 Å². The van der Waals surface area contributed by atoms with Crippen LogP contribution in [0.2, 0.25) is 0 Å². The number of carbonyl (C=O) groups excluding carboxylic acids is 1. The molecular weight excluding hydrogens is 362 g/mol. The van der Waals surface area contributed by atoms with Gasteiger partial charge in [-0.25, -0.2) is 15.0 Å². The van der Waals surface area contributed by atoms with Crippen LogP contribution < -0.4 is 15.4 Å². The summed E-state index contributed by atoms with van der Waals surface area (Å²) >= 11 is 1.27. The number of carbonyl (C=O) groups is 1. The molecule has 0 saturated carbocycles. The number of nitrogens with zero attached hydrogens (tertiary/aromatic N) is 4. The monoisotopic (exact) mass is 379 g/mol. The first-order valence-corrected chi connectivity index (χ1v) is 9.03. The molecule has 2 heterocycles. The number of amides is 1. The Morgan fingerprint density at radius 1 is 1.22 bits per heavy atom. The van der Waals surface area contributed by atoms with Crippen LogP contribution in [0.5, 0.6) is 5.75 Å². The van der Waals surface area contributed by atoms with Gasteiger partial charge in [0.15, 0.2) is 5.01 Å². The lowest BCUT2D eigenvalue weighted by Crippen LogP contribution is -2.12. The number of fused-ring (bicyclic) bond motifs is 3. The number of primary amides is 1. The van der Waals surface area contributed by atoms with Gasteiger partial charge in [0.05, 0.1) is 28.2 Å². The maximum absolute atomic E-state index is 11.6. The molecule has 0 radical (unpaired) electrons. The Balaban J connectivity index is 1.97. The summed E-state index contributed by atoms with van der Waals surface area (Å²) < 4.78 is 6.08. The van der Waals surface area contributed by atoms with Crippen LogP contribution in [-0.2, 0) is 0 Å². The van der Waals surface area contributed by atoms with Crippen molar-refractivity contribution in [2.75, 3.05) is 19.1 Å². The summed E-state index contributed by atoms with van der Waals surface area (Å²) in [6.07, 6.45) is 1.54. The summed E-state index contributed by atoms with van der Waals surface area (Å²) in [4.78, 5) is 26.9. The van der Waals surface area contributed by atoms with Crippen LogP contribution in [0, 0.1) is 6.92 Å². The second-order valence-electron chi connectivity index (χ2n) is 6.10. The molecule has 0 bridgehead atoms. The van der Waals surface area contributed by atoms with Gasteiger partial charge in [-0.15, -0.1) is 11.3 Å². The number of ether oxygens (including phenoxy) is 1. The quantitative estimate of drug-likeness (QED) is 0.584. The maximum Gasteiger partial charge on any atom is 0.277 e. The molecule has 2 N–H and O–H groups in total. The number of hydrogen-bond acceptors (Lipinski definition) is 7. The Bertz CT molecular complexity index is 1170. The van der Waals surface area contributed by atoms with Gasteiger partial charge in [-0.1, -0.05) is 0 Å². The molecule has 8 heteroatoms. The van der Waals surface area contributed by atoms with Crippen LogP contribution in [0.15, 0.2) is 36.7 Å². The largest absolute Gasteiger partial charge is 0.497 e. The number of benzene rings is 2. The molecule has 2 aromatic heterocycles. The number of anilines is 2. The molecule has 136 valence electrons. The summed E-state index contributed by atoms with van der Waals surface area (Å²) in [7, 11) is 3.57. The fraction of sp³-hybridized carbons (Fsp3) is 0.158. The Labute approximate surface area is 159 Å². The predicted molar refractivity (Wildman–Crippen MR) is 107 cm³/mol. The van der Waals surface area contributed by atoms with E-state index in [1.165, 1.54) is 11.3 Å². The van der Waals surface area contributed by atoms with Crippen molar-refractivity contribution in [2.24, 2.45) is 5.73 Å². The standard InChI is InChI=1S/C19H17N5O2S/c1-10-8-13-14(16-15(10)23-19(27-16)17(20)25)18(22-9-21-13)24(2)11-4-6-12(26-3)7-5-11/h4-9H,1-3H3,(H2,20,25). The average molecular weight is 379 g/mol. The van der Waals surface area contributed by atoms with Gasteiger partial charge in [-0.05, 0) is 42.8 Å². The zero-order valence-electron chi connectivity index (χ0n) is 15.1. The lowest BCUT2D eigenvalue weighted by Gasteiger charge is -2.20. The van der Waals surface area contributed by atoms with E-state index in [-0.39, 0.29) is 5.01 Å². The first-order chi connectivity index (χ1) is 13.0. The molecule has 0 unspecified atom stereocenters. The molecule has 1 amide bonds. The normalized spacial score (nSPS) is 11.1. The van der Waals surface area contributed by atoms with Gasteiger partial charge >= 0.3 is 0 Å². The highest BCUT2D eigenvalue weighted by atomic mass is 32.1. The van der Waals surface area contributed by atoms with Crippen LogP contribution in [0.4, 0.5) is 11.5 Å². The Morgan fingerprint density at radius 3 is 2.63 bits per heavy atom. The predicted octanol–water partition coefficient (Wildman–Crippen LogP) is 3.42. The number of hydrogen-bond donors (Lipinski definition) is 1. The van der Waals surface area contributed by atoms with E-state index in [9.17, 15) is 4.79 Å². The smallest absolute Gasteiger partial charge is 0.277 e. The molecule has 0 aliphatic heterocycles. The first kappa shape index (κ1) is 17.2. The fourth-order valence-electron chi connectivity index (χ4n) is 3.03. The fourth-order valence-corrected chi connectivity index (χ4v) is 4.07. The van der Waals surface area contributed by atoms with Crippen LogP contribution in [-0.4, -0.2) is 35.0 Å². The van der Waals surface area contributed by atoms with Crippen molar-refractivity contribution in [3.8, 4) is 5.75 Å². The van der Waals surface area contributed by atoms with E-state index >= 15 is 0 Å². The van der Waals surface area contributed by atoms with Crippen molar-refractivity contribution in [1.29, 1.82) is 0 Å². The summed E-state index contributed by atoms with van der Waals surface area (Å²) in [6, 6.07) is 9.66. The number of methoxy groups -OCH3 is 1. The Kier molecular flexibility index (Phi) is 4.12. The molecule has 2 aromatic carbocycles. The number of rotatable bonds is 4. The summed E-state index contributed by atoms with van der Waals surface area (Å²) in [5, 5.41) is 1.13.